The van der Waals surface area contributed by atoms with Crippen molar-refractivity contribution >= 4 is 0 Å². The number of rotatable bonds is 7. The smallest absolute Gasteiger partial charge is 0.119 e. The summed E-state index contributed by atoms with van der Waals surface area (Å²) in [5.41, 5.74) is 0. The van der Waals surface area contributed by atoms with Crippen molar-refractivity contribution in [2.45, 2.75) is 33.2 Å². The van der Waals surface area contributed by atoms with Crippen LogP contribution >= 0.6 is 0 Å². The number of ether oxygens (including phenoxy) is 1. The fraction of sp³-hybridized carbons (Fsp3) is 0.571. The van der Waals surface area contributed by atoms with Crippen molar-refractivity contribution in [1.29, 1.82) is 0 Å². The van der Waals surface area contributed by atoms with Gasteiger partial charge in [0.25, 0.3) is 0 Å². The van der Waals surface area contributed by atoms with Gasteiger partial charge in [-0.15, -0.1) is 0 Å². The molecule has 1 rings (SSSR count). The van der Waals surface area contributed by atoms with Gasteiger partial charge in [-0.05, 0) is 38.6 Å². The molecule has 2 nitrogen and oxygen atoms in total. The minimum atomic E-state index is 0.596. The Bertz CT molecular complexity index is 269. The third-order valence-electron chi connectivity index (χ3n) is 2.98. The van der Waals surface area contributed by atoms with Crippen LogP contribution in [0.3, 0.4) is 0 Å². The molecule has 0 aliphatic carbocycles. The van der Waals surface area contributed by atoms with Crippen molar-refractivity contribution in [3.8, 4) is 5.75 Å². The topological polar surface area (TPSA) is 12.5 Å². The van der Waals surface area contributed by atoms with Crippen LogP contribution in [0.25, 0.3) is 0 Å². The Kier molecular flexibility index (Phi) is 5.94. The number of nitrogens with zero attached hydrogens (tertiary/aromatic N) is 1. The predicted molar refractivity (Wildman–Crippen MR) is 68.9 cm³/mol. The Hall–Kier alpha value is -1.02. The maximum Gasteiger partial charge on any atom is 0.119 e. The second-order valence-electron chi connectivity index (χ2n) is 4.02. The van der Waals surface area contributed by atoms with Gasteiger partial charge in [0, 0.05) is 6.04 Å². The van der Waals surface area contributed by atoms with Crippen molar-refractivity contribution in [1.82, 2.24) is 4.90 Å². The van der Waals surface area contributed by atoms with E-state index in [9.17, 15) is 0 Å². The summed E-state index contributed by atoms with van der Waals surface area (Å²) in [5.74, 6) is 0.967. The van der Waals surface area contributed by atoms with Crippen molar-refractivity contribution in [3.63, 3.8) is 0 Å². The van der Waals surface area contributed by atoms with E-state index in [4.69, 9.17) is 4.74 Å². The van der Waals surface area contributed by atoms with Gasteiger partial charge in [0.1, 0.15) is 5.75 Å². The quantitative estimate of drug-likeness (QED) is 0.701. The molecule has 0 fully saturated rings. The van der Waals surface area contributed by atoms with Gasteiger partial charge < -0.3 is 9.64 Å². The number of hydrogen-bond donors (Lipinski definition) is 0. The number of hydrogen-bond acceptors (Lipinski definition) is 2. The summed E-state index contributed by atoms with van der Waals surface area (Å²) in [6.45, 7) is 9.70. The monoisotopic (exact) mass is 221 g/mol. The van der Waals surface area contributed by atoms with Gasteiger partial charge in [0.15, 0.2) is 0 Å². The average Bonchev–Trinajstić information content (AvgIpc) is 2.32. The predicted octanol–water partition coefficient (Wildman–Crippen LogP) is 3.19. The zero-order chi connectivity index (χ0) is 11.8. The van der Waals surface area contributed by atoms with Crippen LogP contribution in [0, 0.1) is 0 Å². The highest BCUT2D eigenvalue weighted by atomic mass is 16.5. The summed E-state index contributed by atoms with van der Waals surface area (Å²) in [6, 6.07) is 10.6. The van der Waals surface area contributed by atoms with Crippen LogP contribution in [0.4, 0.5) is 0 Å². The number of benzene rings is 1. The van der Waals surface area contributed by atoms with Gasteiger partial charge >= 0.3 is 0 Å². The molecule has 0 radical (unpaired) electrons. The van der Waals surface area contributed by atoms with E-state index in [1.807, 2.05) is 30.3 Å². The van der Waals surface area contributed by atoms with Crippen LogP contribution in [0.1, 0.15) is 27.2 Å². The molecule has 0 saturated carbocycles. The molecule has 0 N–H and O–H groups in total. The first-order valence-corrected chi connectivity index (χ1v) is 6.19. The highest BCUT2D eigenvalue weighted by Gasteiger charge is 2.09. The summed E-state index contributed by atoms with van der Waals surface area (Å²) in [6.07, 6.45) is 1.08. The highest BCUT2D eigenvalue weighted by Crippen LogP contribution is 2.10. The van der Waals surface area contributed by atoms with Gasteiger partial charge in [-0.25, -0.2) is 0 Å². The van der Waals surface area contributed by atoms with E-state index >= 15 is 0 Å². The lowest BCUT2D eigenvalue weighted by Crippen LogP contribution is -2.33. The maximum absolute atomic E-state index is 5.69. The second kappa shape index (κ2) is 7.29. The molecule has 1 atom stereocenters. The van der Waals surface area contributed by atoms with Crippen molar-refractivity contribution in [2.75, 3.05) is 19.7 Å². The molecule has 0 heterocycles. The molecule has 0 spiro atoms. The molecule has 0 bridgehead atoms. The standard InChI is InChI=1S/C14H23NO/c1-4-15(5-2)13(3)11-12-16-14-9-7-6-8-10-14/h6-10,13H,4-5,11-12H2,1-3H3. The normalized spacial score (nSPS) is 12.8. The van der Waals surface area contributed by atoms with Gasteiger partial charge in [0.2, 0.25) is 0 Å². The first-order valence-electron chi connectivity index (χ1n) is 6.19. The van der Waals surface area contributed by atoms with E-state index < -0.39 is 0 Å². The largest absolute Gasteiger partial charge is 0.494 e. The third-order valence-corrected chi connectivity index (χ3v) is 2.98. The lowest BCUT2D eigenvalue weighted by Gasteiger charge is -2.26. The van der Waals surface area contributed by atoms with Crippen LogP contribution in [0.2, 0.25) is 0 Å². The number of para-hydroxylation sites is 1. The van der Waals surface area contributed by atoms with Gasteiger partial charge in [-0.3, -0.25) is 0 Å². The molecule has 0 aromatic heterocycles. The molecule has 0 saturated heterocycles. The van der Waals surface area contributed by atoms with Crippen molar-refractivity contribution in [2.24, 2.45) is 0 Å². The molecular formula is C14H23NO. The first kappa shape index (κ1) is 13.0. The van der Waals surface area contributed by atoms with Crippen molar-refractivity contribution in [3.05, 3.63) is 30.3 Å². The SMILES string of the molecule is CCN(CC)C(C)CCOc1ccccc1. The summed E-state index contributed by atoms with van der Waals surface area (Å²) in [5, 5.41) is 0. The maximum atomic E-state index is 5.69. The molecule has 2 heteroatoms. The Morgan fingerprint density at radius 3 is 2.31 bits per heavy atom. The lowest BCUT2D eigenvalue weighted by molar-refractivity contribution is 0.189. The van der Waals surface area contributed by atoms with Crippen LogP contribution in [-0.2, 0) is 0 Å². The minimum Gasteiger partial charge on any atom is -0.494 e. The third kappa shape index (κ3) is 4.23. The fourth-order valence-electron chi connectivity index (χ4n) is 1.89. The highest BCUT2D eigenvalue weighted by molar-refractivity contribution is 5.20. The lowest BCUT2D eigenvalue weighted by atomic mass is 10.2. The van der Waals surface area contributed by atoms with E-state index in [1.54, 1.807) is 0 Å². The van der Waals surface area contributed by atoms with Crippen LogP contribution in [0.15, 0.2) is 30.3 Å². The van der Waals surface area contributed by atoms with Crippen LogP contribution in [0.5, 0.6) is 5.75 Å². The Morgan fingerprint density at radius 1 is 1.12 bits per heavy atom. The Morgan fingerprint density at radius 2 is 1.75 bits per heavy atom. The molecule has 0 aliphatic rings. The molecule has 0 amide bonds. The second-order valence-corrected chi connectivity index (χ2v) is 4.02. The Balaban J connectivity index is 2.25. The van der Waals surface area contributed by atoms with Crippen molar-refractivity contribution < 1.29 is 4.74 Å². The van der Waals surface area contributed by atoms with Gasteiger partial charge in [0.05, 0.1) is 6.61 Å². The van der Waals surface area contributed by atoms with E-state index in [1.165, 1.54) is 0 Å². The van der Waals surface area contributed by atoms with Crippen LogP contribution < -0.4 is 4.74 Å². The summed E-state index contributed by atoms with van der Waals surface area (Å²) in [7, 11) is 0. The van der Waals surface area contributed by atoms with Gasteiger partial charge in [-0.2, -0.15) is 0 Å². The summed E-state index contributed by atoms with van der Waals surface area (Å²) < 4.78 is 5.69. The molecule has 1 aromatic rings. The molecule has 1 aromatic carbocycles. The van der Waals surface area contributed by atoms with E-state index in [0.717, 1.165) is 31.9 Å². The average molecular weight is 221 g/mol. The zero-order valence-corrected chi connectivity index (χ0v) is 10.6. The molecular weight excluding hydrogens is 198 g/mol. The summed E-state index contributed by atoms with van der Waals surface area (Å²) >= 11 is 0. The van der Waals surface area contributed by atoms with E-state index in [0.29, 0.717) is 6.04 Å². The fourth-order valence-corrected chi connectivity index (χ4v) is 1.89. The first-order chi connectivity index (χ1) is 7.77. The molecule has 90 valence electrons. The van der Waals surface area contributed by atoms with E-state index in [-0.39, 0.29) is 0 Å². The minimum absolute atomic E-state index is 0.596. The zero-order valence-electron chi connectivity index (χ0n) is 10.6. The van der Waals surface area contributed by atoms with Crippen LogP contribution in [-0.4, -0.2) is 30.6 Å². The molecule has 1 unspecified atom stereocenters. The molecule has 16 heavy (non-hydrogen) atoms. The Labute approximate surface area is 99.2 Å². The van der Waals surface area contributed by atoms with Gasteiger partial charge in [-0.1, -0.05) is 32.0 Å². The summed E-state index contributed by atoms with van der Waals surface area (Å²) in [4.78, 5) is 2.45. The molecule has 0 aliphatic heterocycles. The van der Waals surface area contributed by atoms with E-state index in [2.05, 4.69) is 25.7 Å².